The Kier molecular flexibility index (Phi) is 4.91. The zero-order chi connectivity index (χ0) is 19.0. The van der Waals surface area contributed by atoms with Crippen LogP contribution in [0.1, 0.15) is 48.6 Å². The van der Waals surface area contributed by atoms with Gasteiger partial charge in [0.15, 0.2) is 0 Å². The predicted octanol–water partition coefficient (Wildman–Crippen LogP) is 4.81. The molecule has 2 unspecified atom stereocenters. The summed E-state index contributed by atoms with van der Waals surface area (Å²) in [4.78, 5) is 29.1. The van der Waals surface area contributed by atoms with Crippen LogP contribution in [0.25, 0.3) is 0 Å². The van der Waals surface area contributed by atoms with Gasteiger partial charge in [0.25, 0.3) is 5.69 Å². The molecule has 2 aromatic rings. The smallest absolute Gasteiger partial charge is 0.315 e. The maximum absolute atomic E-state index is 12.5. The lowest BCUT2D eigenvalue weighted by molar-refractivity contribution is -0.384. The number of thiophene rings is 1. The molecule has 0 spiro atoms. The van der Waals surface area contributed by atoms with E-state index < -0.39 is 10.8 Å². The summed E-state index contributed by atoms with van der Waals surface area (Å²) in [6.45, 7) is 6.02. The number of aliphatic imine (C=N–C) groups is 1. The van der Waals surface area contributed by atoms with Gasteiger partial charge in [0, 0.05) is 28.6 Å². The Bertz CT molecular complexity index is 901. The van der Waals surface area contributed by atoms with Gasteiger partial charge >= 0.3 is 5.97 Å². The highest BCUT2D eigenvalue weighted by atomic mass is 32.1. The summed E-state index contributed by atoms with van der Waals surface area (Å²) >= 11 is 1.60. The third kappa shape index (κ3) is 3.14. The van der Waals surface area contributed by atoms with Crippen molar-refractivity contribution in [3.63, 3.8) is 0 Å². The molecule has 0 amide bonds. The molecule has 7 heteroatoms. The third-order valence-corrected chi connectivity index (χ3v) is 5.97. The quantitative estimate of drug-likeness (QED) is 0.438. The van der Waals surface area contributed by atoms with Crippen LogP contribution in [-0.4, -0.2) is 23.7 Å². The minimum Gasteiger partial charge on any atom is -0.468 e. The molecule has 26 heavy (non-hydrogen) atoms. The number of carbonyl (C=O) groups is 1. The first-order valence-electron chi connectivity index (χ1n) is 8.34. The zero-order valence-corrected chi connectivity index (χ0v) is 15.9. The molecule has 2 heterocycles. The lowest BCUT2D eigenvalue weighted by Crippen LogP contribution is -2.32. The van der Waals surface area contributed by atoms with E-state index in [0.717, 1.165) is 16.1 Å². The second kappa shape index (κ2) is 6.99. The summed E-state index contributed by atoms with van der Waals surface area (Å²) < 4.78 is 5.01. The fourth-order valence-electron chi connectivity index (χ4n) is 3.30. The second-order valence-electron chi connectivity index (χ2n) is 6.65. The average Bonchev–Trinajstić information content (AvgIpc) is 3.03. The van der Waals surface area contributed by atoms with Crippen LogP contribution in [0.4, 0.5) is 10.7 Å². The highest BCUT2D eigenvalue weighted by Gasteiger charge is 2.40. The van der Waals surface area contributed by atoms with Crippen LogP contribution < -0.4 is 0 Å². The number of hydrogen-bond acceptors (Lipinski definition) is 6. The maximum atomic E-state index is 12.5. The number of fused-ring (bicyclic) bond motifs is 1. The lowest BCUT2D eigenvalue weighted by atomic mass is 9.77. The molecule has 0 fully saturated rings. The van der Waals surface area contributed by atoms with Crippen molar-refractivity contribution in [3.05, 3.63) is 56.5 Å². The van der Waals surface area contributed by atoms with Gasteiger partial charge in [-0.15, -0.1) is 11.3 Å². The van der Waals surface area contributed by atoms with Gasteiger partial charge in [0.2, 0.25) is 0 Å². The van der Waals surface area contributed by atoms with Crippen LogP contribution >= 0.6 is 11.3 Å². The zero-order valence-electron chi connectivity index (χ0n) is 15.1. The van der Waals surface area contributed by atoms with Crippen LogP contribution in [-0.2, 0) is 9.53 Å². The number of non-ortho nitro benzene ring substituents is 1. The monoisotopic (exact) mass is 372 g/mol. The van der Waals surface area contributed by atoms with E-state index >= 15 is 0 Å². The highest BCUT2D eigenvalue weighted by Crippen LogP contribution is 2.48. The number of carbonyl (C=O) groups excluding carboxylic acids is 1. The third-order valence-electron chi connectivity index (χ3n) is 4.62. The molecule has 1 aromatic heterocycles. The number of ether oxygens (including phenoxy) is 1. The van der Waals surface area contributed by atoms with E-state index in [2.05, 4.69) is 24.9 Å². The van der Waals surface area contributed by atoms with Crippen LogP contribution in [0.3, 0.4) is 0 Å². The second-order valence-corrected chi connectivity index (χ2v) is 7.71. The number of nitro groups is 1. The average molecular weight is 372 g/mol. The van der Waals surface area contributed by atoms with Crippen molar-refractivity contribution in [1.82, 2.24) is 0 Å². The lowest BCUT2D eigenvalue weighted by Gasteiger charge is -2.29. The van der Waals surface area contributed by atoms with Gasteiger partial charge in [-0.1, -0.05) is 26.0 Å². The molecule has 0 N–H and O–H groups in total. The topological polar surface area (TPSA) is 81.8 Å². The number of esters is 1. The number of hydrogen-bond donors (Lipinski definition) is 0. The molecule has 0 saturated carbocycles. The molecule has 0 aliphatic carbocycles. The van der Waals surface area contributed by atoms with Crippen molar-refractivity contribution >= 4 is 33.7 Å². The van der Waals surface area contributed by atoms with Gasteiger partial charge in [0.1, 0.15) is 10.9 Å². The van der Waals surface area contributed by atoms with E-state index in [1.54, 1.807) is 17.4 Å². The Morgan fingerprint density at radius 2 is 2.08 bits per heavy atom. The number of nitrogens with zero attached hydrogens (tertiary/aromatic N) is 2. The van der Waals surface area contributed by atoms with Crippen LogP contribution in [0, 0.1) is 16.0 Å². The van der Waals surface area contributed by atoms with Crippen molar-refractivity contribution in [3.8, 4) is 0 Å². The van der Waals surface area contributed by atoms with E-state index in [1.807, 2.05) is 13.0 Å². The Labute approximate surface area is 155 Å². The number of benzene rings is 1. The van der Waals surface area contributed by atoms with Crippen molar-refractivity contribution in [1.29, 1.82) is 0 Å². The Morgan fingerprint density at radius 1 is 1.35 bits per heavy atom. The van der Waals surface area contributed by atoms with Gasteiger partial charge in [-0.25, -0.2) is 4.99 Å². The van der Waals surface area contributed by atoms with Gasteiger partial charge in [-0.2, -0.15) is 0 Å². The summed E-state index contributed by atoms with van der Waals surface area (Å²) in [5.74, 6) is -0.989. The van der Waals surface area contributed by atoms with Crippen molar-refractivity contribution in [2.75, 3.05) is 7.11 Å². The number of rotatable bonds is 4. The minimum absolute atomic E-state index is 0.00661. The van der Waals surface area contributed by atoms with E-state index in [-0.39, 0.29) is 17.6 Å². The molecule has 1 aromatic carbocycles. The van der Waals surface area contributed by atoms with Gasteiger partial charge < -0.3 is 4.74 Å². The minimum atomic E-state index is -0.593. The Balaban J connectivity index is 2.21. The molecule has 136 valence electrons. The first-order valence-corrected chi connectivity index (χ1v) is 9.16. The maximum Gasteiger partial charge on any atom is 0.315 e. The van der Waals surface area contributed by atoms with Gasteiger partial charge in [-0.05, 0) is 30.0 Å². The van der Waals surface area contributed by atoms with E-state index in [1.165, 1.54) is 24.1 Å². The summed E-state index contributed by atoms with van der Waals surface area (Å²) in [7, 11) is 1.35. The van der Waals surface area contributed by atoms with Crippen molar-refractivity contribution in [2.45, 2.75) is 32.6 Å². The SMILES string of the molecule is COC(=O)C1C(C)=Nc2sc(C(C)C)cc2C1c1cccc([N+](=O)[O-])c1. The molecular weight excluding hydrogens is 352 g/mol. The van der Waals surface area contributed by atoms with E-state index in [9.17, 15) is 14.9 Å². The largest absolute Gasteiger partial charge is 0.468 e. The molecule has 3 rings (SSSR count). The molecule has 0 saturated heterocycles. The van der Waals surface area contributed by atoms with E-state index in [0.29, 0.717) is 11.6 Å². The number of methoxy groups -OCH3 is 1. The normalized spacial score (nSPS) is 19.0. The highest BCUT2D eigenvalue weighted by molar-refractivity contribution is 7.16. The molecule has 0 radical (unpaired) electrons. The van der Waals surface area contributed by atoms with Gasteiger partial charge in [0.05, 0.1) is 12.0 Å². The van der Waals surface area contributed by atoms with Crippen molar-refractivity contribution < 1.29 is 14.5 Å². The van der Waals surface area contributed by atoms with Crippen LogP contribution in [0.15, 0.2) is 35.3 Å². The van der Waals surface area contributed by atoms with Crippen LogP contribution in [0.2, 0.25) is 0 Å². The summed E-state index contributed by atoms with van der Waals surface area (Å²) in [5, 5.41) is 12.1. The van der Waals surface area contributed by atoms with Gasteiger partial charge in [-0.3, -0.25) is 14.9 Å². The molecule has 6 nitrogen and oxygen atoms in total. The first kappa shape index (κ1) is 18.3. The Morgan fingerprint density at radius 3 is 2.69 bits per heavy atom. The fraction of sp³-hybridized carbons (Fsp3) is 0.368. The first-order chi connectivity index (χ1) is 12.3. The molecule has 1 aliphatic heterocycles. The van der Waals surface area contributed by atoms with Crippen molar-refractivity contribution in [2.24, 2.45) is 10.9 Å². The summed E-state index contributed by atoms with van der Waals surface area (Å²) in [5.41, 5.74) is 2.32. The molecule has 0 bridgehead atoms. The predicted molar refractivity (Wildman–Crippen MR) is 102 cm³/mol. The Hall–Kier alpha value is -2.54. The molecular formula is C19H20N2O4S. The number of nitro benzene ring substituents is 1. The van der Waals surface area contributed by atoms with E-state index in [4.69, 9.17) is 4.74 Å². The standard InChI is InChI=1S/C19H20N2O4S/c1-10(2)15-9-14-17(12-6-5-7-13(8-12)21(23)24)16(19(22)25-4)11(3)20-18(14)26-15/h5-10,16-17H,1-4H3. The molecule has 2 atom stereocenters. The molecule has 1 aliphatic rings. The summed E-state index contributed by atoms with van der Waals surface area (Å²) in [6.07, 6.45) is 0. The fourth-order valence-corrected chi connectivity index (χ4v) is 4.44. The summed E-state index contributed by atoms with van der Waals surface area (Å²) in [6, 6.07) is 8.53. The van der Waals surface area contributed by atoms with Crippen LogP contribution in [0.5, 0.6) is 0 Å².